The monoisotopic (exact) mass is 799 g/mol. The lowest BCUT2D eigenvalue weighted by molar-refractivity contribution is -0.159. The standard InChI is InChI=1S/C41H54FN3O10S/c1-9-27-19-41(27,37(50)43-56(52,53)29-13-14-29)20-33(46)32-17-28(54-38(51)44-21-25-11-10-12-31(42)30(25)23-44)22-45(32)36(49)26(16-35(48)55-39(4,5)6)18-40(7,8)34(47)15-24(2)3/h9-12,15,26-29,32H,1,13-14,16-23H2,2-8H3,(H,43,50)/t26-,27+,28?,32-,41+/m0/s1. The van der Waals surface area contributed by atoms with Gasteiger partial charge in [0.2, 0.25) is 21.8 Å². The Morgan fingerprint density at radius 1 is 1.07 bits per heavy atom. The zero-order chi connectivity index (χ0) is 41.5. The van der Waals surface area contributed by atoms with E-state index in [2.05, 4.69) is 11.3 Å². The number of benzene rings is 1. The molecular weight excluding hydrogens is 746 g/mol. The molecule has 1 saturated heterocycles. The summed E-state index contributed by atoms with van der Waals surface area (Å²) in [5, 5.41) is -0.673. The number of carbonyl (C=O) groups is 6. The smallest absolute Gasteiger partial charge is 0.410 e. The maximum atomic E-state index is 14.7. The average molecular weight is 800 g/mol. The van der Waals surface area contributed by atoms with Gasteiger partial charge in [-0.25, -0.2) is 17.6 Å². The summed E-state index contributed by atoms with van der Waals surface area (Å²) in [7, 11) is -3.93. The maximum absolute atomic E-state index is 14.7. The topological polar surface area (TPSA) is 174 Å². The van der Waals surface area contributed by atoms with Crippen LogP contribution in [0, 0.1) is 28.5 Å². The second kappa shape index (κ2) is 15.9. The summed E-state index contributed by atoms with van der Waals surface area (Å²) >= 11 is 0. The van der Waals surface area contributed by atoms with Crippen LogP contribution in [0.1, 0.15) is 105 Å². The SMILES string of the molecule is C=C[C@@H]1C[C@]1(CC(=O)[C@@H]1CC(OC(=O)N2Cc3cccc(F)c3C2)CN1C(=O)[C@@H](CC(=O)OC(C)(C)C)CC(C)(C)C(=O)C=C(C)C)C(=O)NS(=O)(=O)C1CC1. The summed E-state index contributed by atoms with van der Waals surface area (Å²) in [6, 6.07) is 3.33. The Kier molecular flexibility index (Phi) is 12.1. The molecule has 5 rings (SSSR count). The van der Waals surface area contributed by atoms with Gasteiger partial charge in [0.05, 0.1) is 36.2 Å². The number of ether oxygens (including phenoxy) is 2. The van der Waals surface area contributed by atoms with E-state index in [0.29, 0.717) is 24.0 Å². The number of hydrogen-bond donors (Lipinski definition) is 1. The molecule has 2 aliphatic carbocycles. The average Bonchev–Trinajstić information content (AvgIpc) is 3.97. The first-order valence-electron chi connectivity index (χ1n) is 19.1. The van der Waals surface area contributed by atoms with Gasteiger partial charge in [0.25, 0.3) is 0 Å². The number of allylic oxidation sites excluding steroid dienone is 3. The third kappa shape index (κ3) is 9.75. The maximum Gasteiger partial charge on any atom is 0.410 e. The molecule has 3 fully saturated rings. The van der Waals surface area contributed by atoms with Crippen LogP contribution in [-0.2, 0) is 56.6 Å². The third-order valence-corrected chi connectivity index (χ3v) is 12.8. The number of fused-ring (bicyclic) bond motifs is 1. The second-order valence-electron chi connectivity index (χ2n) is 17.7. The van der Waals surface area contributed by atoms with Gasteiger partial charge in [-0.05, 0) is 83.9 Å². The highest BCUT2D eigenvalue weighted by Gasteiger charge is 2.61. The van der Waals surface area contributed by atoms with Crippen molar-refractivity contribution in [1.82, 2.24) is 14.5 Å². The Hall–Kier alpha value is -4.40. The second-order valence-corrected chi connectivity index (χ2v) is 19.6. The van der Waals surface area contributed by atoms with Gasteiger partial charge < -0.3 is 14.4 Å². The number of nitrogens with one attached hydrogen (secondary N) is 1. The number of nitrogens with zero attached hydrogens (tertiary/aromatic N) is 2. The van der Waals surface area contributed by atoms with Gasteiger partial charge in [0.15, 0.2) is 11.6 Å². The minimum atomic E-state index is -3.93. The summed E-state index contributed by atoms with van der Waals surface area (Å²) in [6.07, 6.45) is 1.13. The van der Waals surface area contributed by atoms with Crippen molar-refractivity contribution in [1.29, 1.82) is 0 Å². The Bertz CT molecular complexity index is 1940. The van der Waals surface area contributed by atoms with Crippen LogP contribution in [0.3, 0.4) is 0 Å². The molecule has 2 saturated carbocycles. The third-order valence-electron chi connectivity index (χ3n) is 11.0. The first-order valence-corrected chi connectivity index (χ1v) is 20.7. The molecule has 13 nitrogen and oxygen atoms in total. The van der Waals surface area contributed by atoms with E-state index in [0.717, 1.165) is 5.57 Å². The Morgan fingerprint density at radius 3 is 2.32 bits per heavy atom. The van der Waals surface area contributed by atoms with Crippen molar-refractivity contribution in [3.8, 4) is 0 Å². The molecule has 15 heteroatoms. The lowest BCUT2D eigenvalue weighted by Crippen LogP contribution is -2.47. The summed E-state index contributed by atoms with van der Waals surface area (Å²) in [5.41, 5.74) is -1.67. The number of ketones is 2. The van der Waals surface area contributed by atoms with E-state index >= 15 is 0 Å². The molecule has 1 aromatic carbocycles. The number of sulfonamides is 1. The molecule has 1 N–H and O–H groups in total. The molecule has 2 heterocycles. The number of amides is 3. The van der Waals surface area contributed by atoms with Gasteiger partial charge >= 0.3 is 12.1 Å². The fourth-order valence-electron chi connectivity index (χ4n) is 7.71. The highest BCUT2D eigenvalue weighted by atomic mass is 32.2. The lowest BCUT2D eigenvalue weighted by Gasteiger charge is -2.32. The van der Waals surface area contributed by atoms with Gasteiger partial charge in [0.1, 0.15) is 17.5 Å². The Balaban J connectivity index is 1.43. The number of rotatable bonds is 15. The van der Waals surface area contributed by atoms with Crippen LogP contribution >= 0.6 is 0 Å². The van der Waals surface area contributed by atoms with E-state index in [1.165, 1.54) is 28.0 Å². The molecule has 1 aromatic rings. The molecule has 0 spiro atoms. The van der Waals surface area contributed by atoms with Crippen molar-refractivity contribution < 1.29 is 51.0 Å². The highest BCUT2D eigenvalue weighted by molar-refractivity contribution is 7.90. The molecular formula is C41H54FN3O10S. The molecule has 5 atom stereocenters. The zero-order valence-electron chi connectivity index (χ0n) is 33.3. The molecule has 4 aliphatic rings. The van der Waals surface area contributed by atoms with Crippen molar-refractivity contribution in [2.24, 2.45) is 22.7 Å². The van der Waals surface area contributed by atoms with Crippen LogP contribution in [0.4, 0.5) is 9.18 Å². The number of hydrogen-bond acceptors (Lipinski definition) is 10. The largest absolute Gasteiger partial charge is 0.460 e. The van der Waals surface area contributed by atoms with Crippen LogP contribution in [0.25, 0.3) is 0 Å². The number of halogens is 1. The van der Waals surface area contributed by atoms with Gasteiger partial charge in [-0.3, -0.25) is 33.6 Å². The Morgan fingerprint density at radius 2 is 1.75 bits per heavy atom. The van der Waals surface area contributed by atoms with Crippen LogP contribution in [-0.4, -0.2) is 83.2 Å². The fourth-order valence-corrected chi connectivity index (χ4v) is 9.09. The van der Waals surface area contributed by atoms with Crippen molar-refractivity contribution in [2.75, 3.05) is 6.54 Å². The first kappa shape index (κ1) is 42.7. The van der Waals surface area contributed by atoms with Crippen molar-refractivity contribution in [2.45, 2.75) is 129 Å². The predicted octanol–water partition coefficient (Wildman–Crippen LogP) is 5.31. The lowest BCUT2D eigenvalue weighted by atomic mass is 9.77. The minimum Gasteiger partial charge on any atom is -0.460 e. The van der Waals surface area contributed by atoms with Crippen LogP contribution in [0.15, 0.2) is 42.5 Å². The number of likely N-dealkylation sites (tertiary alicyclic amines) is 1. The van der Waals surface area contributed by atoms with Crippen molar-refractivity contribution in [3.05, 3.63) is 59.4 Å². The van der Waals surface area contributed by atoms with E-state index in [1.807, 2.05) is 0 Å². The van der Waals surface area contributed by atoms with Crippen molar-refractivity contribution >= 4 is 45.5 Å². The van der Waals surface area contributed by atoms with E-state index in [4.69, 9.17) is 9.47 Å². The molecule has 2 aliphatic heterocycles. The number of esters is 1. The molecule has 1 unspecified atom stereocenters. The van der Waals surface area contributed by atoms with E-state index < -0.39 is 104 Å². The normalized spacial score (nSPS) is 23.8. The minimum absolute atomic E-state index is 0.0321. The van der Waals surface area contributed by atoms with Crippen LogP contribution in [0.5, 0.6) is 0 Å². The molecule has 0 aromatic heterocycles. The first-order chi connectivity index (χ1) is 26.0. The highest BCUT2D eigenvalue weighted by Crippen LogP contribution is 2.57. The van der Waals surface area contributed by atoms with Gasteiger partial charge in [0, 0.05) is 36.3 Å². The molecule has 0 bridgehead atoms. The summed E-state index contributed by atoms with van der Waals surface area (Å²) in [6.45, 7) is 15.5. The van der Waals surface area contributed by atoms with Crippen LogP contribution in [0.2, 0.25) is 0 Å². The predicted molar refractivity (Wildman–Crippen MR) is 203 cm³/mol. The van der Waals surface area contributed by atoms with Gasteiger partial charge in [-0.2, -0.15) is 0 Å². The summed E-state index contributed by atoms with van der Waals surface area (Å²) < 4.78 is 53.6. The molecule has 56 heavy (non-hydrogen) atoms. The van der Waals surface area contributed by atoms with Gasteiger partial charge in [-0.15, -0.1) is 6.58 Å². The van der Waals surface area contributed by atoms with E-state index in [1.54, 1.807) is 60.6 Å². The Labute approximate surface area is 328 Å². The number of carbonyl (C=O) groups excluding carboxylic acids is 6. The van der Waals surface area contributed by atoms with Crippen LogP contribution < -0.4 is 4.72 Å². The fraction of sp³-hybridized carbons (Fsp3) is 0.610. The molecule has 306 valence electrons. The summed E-state index contributed by atoms with van der Waals surface area (Å²) in [5.74, 6) is -5.07. The number of Topliss-reactive ketones (excluding diaryl/α,β-unsaturated/α-hetero) is 1. The molecule has 3 amide bonds. The van der Waals surface area contributed by atoms with Gasteiger partial charge in [-0.1, -0.05) is 37.6 Å². The van der Waals surface area contributed by atoms with Crippen molar-refractivity contribution in [3.63, 3.8) is 0 Å². The quantitative estimate of drug-likeness (QED) is 0.139. The summed E-state index contributed by atoms with van der Waals surface area (Å²) in [4.78, 5) is 85.3. The zero-order valence-corrected chi connectivity index (χ0v) is 34.1. The molecule has 0 radical (unpaired) electrons. The van der Waals surface area contributed by atoms with E-state index in [9.17, 15) is 41.6 Å². The van der Waals surface area contributed by atoms with E-state index in [-0.39, 0.29) is 44.7 Å².